The van der Waals surface area contributed by atoms with Gasteiger partial charge >= 0.3 is 209 Å². The molecule has 6 rings (SSSR count). The van der Waals surface area contributed by atoms with Crippen LogP contribution in [0.5, 0.6) is 0 Å². The first-order chi connectivity index (χ1) is 17.2. The minimum atomic E-state index is -3.08. The molecule has 0 N–H and O–H groups in total. The molecule has 1 heterocycles. The van der Waals surface area contributed by atoms with Crippen LogP contribution in [-0.4, -0.2) is 6.16 Å². The summed E-state index contributed by atoms with van der Waals surface area (Å²) < 4.78 is 0. The van der Waals surface area contributed by atoms with Crippen LogP contribution >= 0.6 is 6.60 Å². The SMILES string of the molecule is CC1CP(c2ccccc2)(c2ccccc2)(c2ccccc2)C1(c1ccccc1)c1ccccc1. The van der Waals surface area contributed by atoms with Gasteiger partial charge in [-0.1, -0.05) is 0 Å². The summed E-state index contributed by atoms with van der Waals surface area (Å²) in [6, 6.07) is 57.0. The predicted molar refractivity (Wildman–Crippen MR) is 153 cm³/mol. The van der Waals surface area contributed by atoms with E-state index in [-0.39, 0.29) is 5.16 Å². The van der Waals surface area contributed by atoms with Gasteiger partial charge in [0.15, 0.2) is 0 Å². The third kappa shape index (κ3) is 2.67. The summed E-state index contributed by atoms with van der Waals surface area (Å²) in [5, 5.41) is 4.24. The maximum absolute atomic E-state index is 3.08. The van der Waals surface area contributed by atoms with Crippen LogP contribution in [0.3, 0.4) is 0 Å². The van der Waals surface area contributed by atoms with Crippen LogP contribution in [0.25, 0.3) is 0 Å². The van der Waals surface area contributed by atoms with Gasteiger partial charge in [0.25, 0.3) is 0 Å². The molecular weight excluding hydrogens is 439 g/mol. The second-order valence-corrected chi connectivity index (χ2v) is 15.1. The van der Waals surface area contributed by atoms with E-state index in [1.54, 1.807) is 0 Å². The molecule has 5 aromatic rings. The van der Waals surface area contributed by atoms with Crippen LogP contribution in [0.4, 0.5) is 0 Å². The van der Waals surface area contributed by atoms with E-state index in [1.807, 2.05) is 0 Å². The van der Waals surface area contributed by atoms with E-state index in [1.165, 1.54) is 27.0 Å². The fourth-order valence-corrected chi connectivity index (χ4v) is 16.6. The zero-order valence-electron chi connectivity index (χ0n) is 20.2. The van der Waals surface area contributed by atoms with E-state index in [4.69, 9.17) is 0 Å². The maximum atomic E-state index is 2.47. The van der Waals surface area contributed by atoms with E-state index in [2.05, 4.69) is 159 Å². The molecule has 1 fully saturated rings. The quantitative estimate of drug-likeness (QED) is 0.240. The van der Waals surface area contributed by atoms with Gasteiger partial charge in [-0.3, -0.25) is 0 Å². The van der Waals surface area contributed by atoms with Crippen LogP contribution in [0.2, 0.25) is 0 Å². The normalized spacial score (nSPS) is 20.6. The molecule has 1 unspecified atom stereocenters. The molecule has 1 aliphatic heterocycles. The van der Waals surface area contributed by atoms with Crippen molar-refractivity contribution in [2.24, 2.45) is 5.92 Å². The van der Waals surface area contributed by atoms with E-state index in [0.29, 0.717) is 5.92 Å². The minimum absolute atomic E-state index is 0.182. The zero-order valence-corrected chi connectivity index (χ0v) is 21.1. The van der Waals surface area contributed by atoms with Crippen molar-refractivity contribution in [2.45, 2.75) is 12.1 Å². The van der Waals surface area contributed by atoms with Crippen molar-refractivity contribution in [3.63, 3.8) is 0 Å². The molecule has 0 aliphatic carbocycles. The molecule has 0 radical (unpaired) electrons. The summed E-state index contributed by atoms with van der Waals surface area (Å²) in [6.07, 6.45) is 1.15. The molecule has 172 valence electrons. The predicted octanol–water partition coefficient (Wildman–Crippen LogP) is 7.11. The Balaban J connectivity index is 1.91. The van der Waals surface area contributed by atoms with E-state index >= 15 is 0 Å². The molecule has 0 nitrogen and oxygen atoms in total. The van der Waals surface area contributed by atoms with E-state index in [0.717, 1.165) is 6.16 Å². The van der Waals surface area contributed by atoms with Gasteiger partial charge in [0, 0.05) is 0 Å². The summed E-state index contributed by atoms with van der Waals surface area (Å²) in [4.78, 5) is 0. The van der Waals surface area contributed by atoms with Gasteiger partial charge in [-0.05, 0) is 0 Å². The van der Waals surface area contributed by atoms with Crippen molar-refractivity contribution in [1.82, 2.24) is 0 Å². The molecule has 0 spiro atoms. The number of hydrogen-bond acceptors (Lipinski definition) is 0. The average molecular weight is 471 g/mol. The first-order valence-electron chi connectivity index (χ1n) is 12.5. The van der Waals surface area contributed by atoms with Crippen molar-refractivity contribution in [3.05, 3.63) is 163 Å². The summed E-state index contributed by atoms with van der Waals surface area (Å²) in [5.74, 6) is 0.464. The standard InChI is InChI=1S/C34H31P/c1-28-27-35(31-21-11-4-12-22-31,32-23-13-5-14-24-32,33-25-15-6-16-26-33)34(28,29-17-7-2-8-18-29)30-19-9-3-10-20-30/h2-26,28H,27H2,1H3. The molecule has 1 saturated heterocycles. The molecule has 5 aromatic carbocycles. The molecule has 0 aromatic heterocycles. The van der Waals surface area contributed by atoms with Crippen LogP contribution in [-0.2, 0) is 5.16 Å². The summed E-state index contributed by atoms with van der Waals surface area (Å²) >= 11 is 0. The Morgan fingerprint density at radius 2 is 0.743 bits per heavy atom. The Kier molecular flexibility index (Phi) is 5.24. The molecule has 35 heavy (non-hydrogen) atoms. The third-order valence-corrected chi connectivity index (χ3v) is 16.6. The van der Waals surface area contributed by atoms with E-state index in [9.17, 15) is 0 Å². The van der Waals surface area contributed by atoms with Crippen LogP contribution in [0.15, 0.2) is 152 Å². The molecular formula is C34H31P. The zero-order chi connectivity index (χ0) is 23.8. The Labute approximate surface area is 209 Å². The van der Waals surface area contributed by atoms with Gasteiger partial charge in [0.1, 0.15) is 0 Å². The van der Waals surface area contributed by atoms with Gasteiger partial charge in [-0.15, -0.1) is 0 Å². The molecule has 0 bridgehead atoms. The Bertz CT molecular complexity index is 1270. The molecule has 0 saturated carbocycles. The van der Waals surface area contributed by atoms with Crippen LogP contribution in [0, 0.1) is 5.92 Å². The van der Waals surface area contributed by atoms with Gasteiger partial charge in [0.2, 0.25) is 0 Å². The number of benzene rings is 5. The second kappa shape index (κ2) is 8.33. The van der Waals surface area contributed by atoms with Gasteiger partial charge in [0.05, 0.1) is 0 Å². The van der Waals surface area contributed by atoms with Crippen molar-refractivity contribution < 1.29 is 0 Å². The first-order valence-corrected chi connectivity index (χ1v) is 15.0. The molecule has 1 atom stereocenters. The average Bonchev–Trinajstić information content (AvgIpc) is 2.94. The summed E-state index contributed by atoms with van der Waals surface area (Å²) in [5.41, 5.74) is 2.83. The summed E-state index contributed by atoms with van der Waals surface area (Å²) in [6.45, 7) is -0.610. The first kappa shape index (κ1) is 22.0. The topological polar surface area (TPSA) is 0 Å². The fraction of sp³-hybridized carbons (Fsp3) is 0.118. The fourth-order valence-electron chi connectivity index (χ4n) is 7.53. The Morgan fingerprint density at radius 1 is 0.457 bits per heavy atom. The third-order valence-electron chi connectivity index (χ3n) is 8.54. The van der Waals surface area contributed by atoms with Gasteiger partial charge in [-0.2, -0.15) is 0 Å². The van der Waals surface area contributed by atoms with Crippen LogP contribution < -0.4 is 15.9 Å². The number of rotatable bonds is 5. The monoisotopic (exact) mass is 470 g/mol. The molecule has 1 heteroatoms. The number of hydrogen-bond donors (Lipinski definition) is 0. The van der Waals surface area contributed by atoms with Gasteiger partial charge in [-0.25, -0.2) is 0 Å². The van der Waals surface area contributed by atoms with Gasteiger partial charge < -0.3 is 0 Å². The van der Waals surface area contributed by atoms with E-state index < -0.39 is 6.60 Å². The van der Waals surface area contributed by atoms with Crippen molar-refractivity contribution in [1.29, 1.82) is 0 Å². The van der Waals surface area contributed by atoms with Crippen molar-refractivity contribution >= 4 is 22.5 Å². The summed E-state index contributed by atoms with van der Waals surface area (Å²) in [7, 11) is 0. The molecule has 1 aliphatic rings. The Morgan fingerprint density at radius 3 is 1.03 bits per heavy atom. The van der Waals surface area contributed by atoms with Crippen molar-refractivity contribution in [2.75, 3.05) is 6.16 Å². The molecule has 0 amide bonds. The van der Waals surface area contributed by atoms with Crippen LogP contribution in [0.1, 0.15) is 18.1 Å². The van der Waals surface area contributed by atoms with Crippen molar-refractivity contribution in [3.8, 4) is 0 Å². The Hall–Kier alpha value is -3.47. The second-order valence-electron chi connectivity index (χ2n) is 9.89.